The highest BCUT2D eigenvalue weighted by Gasteiger charge is 2.17. The summed E-state index contributed by atoms with van der Waals surface area (Å²) in [6.07, 6.45) is 3.93. The van der Waals surface area contributed by atoms with E-state index in [4.69, 9.17) is 4.74 Å². The van der Waals surface area contributed by atoms with E-state index >= 15 is 0 Å². The highest BCUT2D eigenvalue weighted by molar-refractivity contribution is 7.23. The Labute approximate surface area is 210 Å². The van der Waals surface area contributed by atoms with Gasteiger partial charge in [-0.25, -0.2) is 0 Å². The molecule has 35 heavy (non-hydrogen) atoms. The lowest BCUT2D eigenvalue weighted by Gasteiger charge is -2.26. The summed E-state index contributed by atoms with van der Waals surface area (Å²) in [4.78, 5) is 15.2. The van der Waals surface area contributed by atoms with Crippen LogP contribution in [0.1, 0.15) is 26.2 Å². The first-order valence-electron chi connectivity index (χ1n) is 12.2. The van der Waals surface area contributed by atoms with Gasteiger partial charge in [-0.05, 0) is 85.6 Å². The molecule has 0 radical (unpaired) electrons. The second-order valence-corrected chi connectivity index (χ2v) is 10.1. The number of phenolic OH excluding ortho intramolecular Hbond substituents is 1. The van der Waals surface area contributed by atoms with Gasteiger partial charge in [0.15, 0.2) is 0 Å². The summed E-state index contributed by atoms with van der Waals surface area (Å²) in [6.45, 7) is 5.54. The molecule has 2 N–H and O–H groups in total. The maximum Gasteiger partial charge on any atom is 0.221 e. The van der Waals surface area contributed by atoms with Gasteiger partial charge in [0.2, 0.25) is 5.91 Å². The molecule has 0 spiro atoms. The number of anilines is 1. The number of hydrogen-bond acceptors (Lipinski definition) is 5. The largest absolute Gasteiger partial charge is 0.508 e. The summed E-state index contributed by atoms with van der Waals surface area (Å²) in [7, 11) is 0. The quantitative estimate of drug-likeness (QED) is 0.303. The fourth-order valence-corrected chi connectivity index (χ4v) is 5.94. The number of rotatable bonds is 7. The van der Waals surface area contributed by atoms with Crippen molar-refractivity contribution in [2.24, 2.45) is 0 Å². The van der Waals surface area contributed by atoms with Crippen LogP contribution in [0.3, 0.4) is 0 Å². The third-order valence-electron chi connectivity index (χ3n) is 6.41. The molecule has 5 nitrogen and oxygen atoms in total. The number of aromatic hydroxyl groups is 1. The van der Waals surface area contributed by atoms with E-state index < -0.39 is 0 Å². The summed E-state index contributed by atoms with van der Waals surface area (Å²) in [5.41, 5.74) is 4.08. The number of phenols is 1. The SMILES string of the molecule is CC(=O)Nc1ccc2c(-c3ccc(OCCN4CCCCC4)cc3)c(-c3ccc(O)cc3)sc2c1. The number of likely N-dealkylation sites (tertiary alicyclic amines) is 1. The van der Waals surface area contributed by atoms with Crippen molar-refractivity contribution in [3.63, 3.8) is 0 Å². The molecule has 0 atom stereocenters. The number of benzene rings is 3. The molecule has 180 valence electrons. The van der Waals surface area contributed by atoms with E-state index in [0.29, 0.717) is 6.61 Å². The van der Waals surface area contributed by atoms with Crippen LogP contribution in [-0.2, 0) is 4.79 Å². The average Bonchev–Trinajstić information content (AvgIpc) is 3.24. The third-order valence-corrected chi connectivity index (χ3v) is 7.61. The molecule has 1 fully saturated rings. The van der Waals surface area contributed by atoms with Crippen LogP contribution in [0, 0.1) is 0 Å². The molecule has 1 aromatic heterocycles. The number of hydrogen-bond donors (Lipinski definition) is 2. The molecule has 1 saturated heterocycles. The molecule has 1 aliphatic heterocycles. The van der Waals surface area contributed by atoms with Crippen molar-refractivity contribution in [1.82, 2.24) is 4.90 Å². The number of carbonyl (C=O) groups excluding carboxylic acids is 1. The molecule has 1 aliphatic rings. The first-order chi connectivity index (χ1) is 17.1. The Kier molecular flexibility index (Phi) is 7.02. The van der Waals surface area contributed by atoms with Gasteiger partial charge in [0.25, 0.3) is 0 Å². The minimum Gasteiger partial charge on any atom is -0.508 e. The highest BCUT2D eigenvalue weighted by atomic mass is 32.1. The van der Waals surface area contributed by atoms with E-state index in [1.807, 2.05) is 36.4 Å². The maximum absolute atomic E-state index is 11.5. The topological polar surface area (TPSA) is 61.8 Å². The van der Waals surface area contributed by atoms with Gasteiger partial charge in [-0.3, -0.25) is 9.69 Å². The summed E-state index contributed by atoms with van der Waals surface area (Å²) < 4.78 is 7.14. The molecule has 5 rings (SSSR count). The predicted octanol–water partition coefficient (Wildman–Crippen LogP) is 6.76. The minimum absolute atomic E-state index is 0.0873. The van der Waals surface area contributed by atoms with Gasteiger partial charge in [-0.15, -0.1) is 11.3 Å². The Bertz CT molecular complexity index is 1310. The third kappa shape index (κ3) is 5.50. The Morgan fingerprint density at radius 1 is 0.971 bits per heavy atom. The average molecular weight is 487 g/mol. The lowest BCUT2D eigenvalue weighted by Crippen LogP contribution is -2.33. The lowest BCUT2D eigenvalue weighted by atomic mass is 9.98. The number of amides is 1. The fourth-order valence-electron chi connectivity index (χ4n) is 4.67. The van der Waals surface area contributed by atoms with E-state index in [0.717, 1.165) is 49.6 Å². The van der Waals surface area contributed by atoms with Crippen molar-refractivity contribution in [2.45, 2.75) is 26.2 Å². The Hall–Kier alpha value is -3.35. The fraction of sp³-hybridized carbons (Fsp3) is 0.276. The molecule has 0 saturated carbocycles. The van der Waals surface area contributed by atoms with Gasteiger partial charge < -0.3 is 15.2 Å². The zero-order valence-electron chi connectivity index (χ0n) is 19.9. The van der Waals surface area contributed by atoms with Crippen molar-refractivity contribution in [2.75, 3.05) is 31.6 Å². The molecular weight excluding hydrogens is 456 g/mol. The Balaban J connectivity index is 1.43. The van der Waals surface area contributed by atoms with Gasteiger partial charge in [-0.1, -0.05) is 24.6 Å². The molecule has 2 heterocycles. The van der Waals surface area contributed by atoms with Crippen LogP contribution in [0.25, 0.3) is 31.7 Å². The highest BCUT2D eigenvalue weighted by Crippen LogP contribution is 2.46. The van der Waals surface area contributed by atoms with Crippen LogP contribution in [0.5, 0.6) is 11.5 Å². The monoisotopic (exact) mass is 486 g/mol. The zero-order valence-corrected chi connectivity index (χ0v) is 20.7. The normalized spacial score (nSPS) is 14.2. The second-order valence-electron chi connectivity index (χ2n) is 9.02. The first-order valence-corrected chi connectivity index (χ1v) is 13.0. The van der Waals surface area contributed by atoms with Gasteiger partial charge in [0.05, 0.1) is 0 Å². The molecule has 6 heteroatoms. The van der Waals surface area contributed by atoms with Crippen LogP contribution >= 0.6 is 11.3 Å². The standard InChI is InChI=1S/C29H30N2O3S/c1-20(32)30-23-9-14-26-27(19-23)35-29(22-5-10-24(33)11-6-22)28(26)21-7-12-25(13-8-21)34-18-17-31-15-3-2-4-16-31/h5-14,19,33H,2-4,15-18H2,1H3,(H,30,32). The summed E-state index contributed by atoms with van der Waals surface area (Å²) in [5.74, 6) is 1.04. The van der Waals surface area contributed by atoms with Crippen LogP contribution in [-0.4, -0.2) is 42.2 Å². The van der Waals surface area contributed by atoms with Gasteiger partial charge in [0.1, 0.15) is 18.1 Å². The van der Waals surface area contributed by atoms with Gasteiger partial charge in [0, 0.05) is 39.7 Å². The van der Waals surface area contributed by atoms with Crippen LogP contribution in [0.2, 0.25) is 0 Å². The lowest BCUT2D eigenvalue weighted by molar-refractivity contribution is -0.114. The van der Waals surface area contributed by atoms with Crippen LogP contribution < -0.4 is 10.1 Å². The summed E-state index contributed by atoms with van der Waals surface area (Å²) in [5, 5.41) is 13.8. The number of nitrogens with zero attached hydrogens (tertiary/aromatic N) is 1. The number of nitrogens with one attached hydrogen (secondary N) is 1. The van der Waals surface area contributed by atoms with E-state index in [9.17, 15) is 9.90 Å². The molecule has 1 amide bonds. The van der Waals surface area contributed by atoms with Gasteiger partial charge in [-0.2, -0.15) is 0 Å². The number of piperidine rings is 1. The predicted molar refractivity (Wildman–Crippen MR) is 144 cm³/mol. The molecule has 3 aromatic carbocycles. The smallest absolute Gasteiger partial charge is 0.221 e. The number of ether oxygens (including phenoxy) is 1. The van der Waals surface area contributed by atoms with E-state index in [-0.39, 0.29) is 11.7 Å². The van der Waals surface area contributed by atoms with Crippen molar-refractivity contribution >= 4 is 33.0 Å². The zero-order chi connectivity index (χ0) is 24.2. The van der Waals surface area contributed by atoms with Crippen LogP contribution in [0.4, 0.5) is 5.69 Å². The van der Waals surface area contributed by atoms with E-state index in [2.05, 4.69) is 28.4 Å². The van der Waals surface area contributed by atoms with Crippen molar-refractivity contribution < 1.29 is 14.6 Å². The van der Waals surface area contributed by atoms with Crippen molar-refractivity contribution in [3.05, 3.63) is 66.7 Å². The van der Waals surface area contributed by atoms with E-state index in [1.54, 1.807) is 23.5 Å². The number of thiophene rings is 1. The Morgan fingerprint density at radius 2 is 1.69 bits per heavy atom. The summed E-state index contributed by atoms with van der Waals surface area (Å²) in [6, 6.07) is 21.7. The van der Waals surface area contributed by atoms with E-state index in [1.165, 1.54) is 39.3 Å². The number of fused-ring (bicyclic) bond motifs is 1. The molecule has 0 aliphatic carbocycles. The molecule has 0 bridgehead atoms. The Morgan fingerprint density at radius 3 is 2.40 bits per heavy atom. The summed E-state index contributed by atoms with van der Waals surface area (Å²) >= 11 is 1.68. The molecular formula is C29H30N2O3S. The van der Waals surface area contributed by atoms with Crippen molar-refractivity contribution in [3.8, 4) is 33.1 Å². The number of carbonyl (C=O) groups is 1. The second kappa shape index (κ2) is 10.5. The molecule has 0 unspecified atom stereocenters. The molecule has 4 aromatic rings. The van der Waals surface area contributed by atoms with Crippen molar-refractivity contribution in [1.29, 1.82) is 0 Å². The van der Waals surface area contributed by atoms with Gasteiger partial charge >= 0.3 is 0 Å². The minimum atomic E-state index is -0.0873. The van der Waals surface area contributed by atoms with Crippen LogP contribution in [0.15, 0.2) is 66.7 Å². The maximum atomic E-state index is 11.5. The first kappa shape index (κ1) is 23.4.